The van der Waals surface area contributed by atoms with Crippen LogP contribution in [0.4, 0.5) is 0 Å². The van der Waals surface area contributed by atoms with Crippen molar-refractivity contribution >= 4 is 21.8 Å². The number of rotatable bonds is 4. The van der Waals surface area contributed by atoms with E-state index in [-0.39, 0.29) is 12.5 Å². The molecule has 1 aromatic rings. The first-order valence-corrected chi connectivity index (χ1v) is 6.06. The minimum Gasteiger partial charge on any atom is -0.391 e. The maximum atomic E-state index is 11.7. The summed E-state index contributed by atoms with van der Waals surface area (Å²) in [5.41, 5.74) is 1.69. The summed E-state index contributed by atoms with van der Waals surface area (Å²) in [5, 5.41) is 12.0. The summed E-state index contributed by atoms with van der Waals surface area (Å²) in [6.45, 7) is 4.13. The molecule has 0 aliphatic rings. The van der Waals surface area contributed by atoms with Crippen molar-refractivity contribution in [2.24, 2.45) is 0 Å². The molecule has 1 atom stereocenters. The molecular formula is C12H16BrNO2. The summed E-state index contributed by atoms with van der Waals surface area (Å²) in [4.78, 5) is 11.7. The number of carbonyl (C=O) groups is 1. The largest absolute Gasteiger partial charge is 0.391 e. The Morgan fingerprint density at radius 3 is 2.81 bits per heavy atom. The lowest BCUT2D eigenvalue weighted by molar-refractivity contribution is 0.0913. The minimum atomic E-state index is -0.479. The van der Waals surface area contributed by atoms with E-state index in [2.05, 4.69) is 21.2 Å². The van der Waals surface area contributed by atoms with Crippen LogP contribution >= 0.6 is 15.9 Å². The number of aliphatic hydroxyl groups is 1. The van der Waals surface area contributed by atoms with Crippen molar-refractivity contribution in [3.63, 3.8) is 0 Å². The van der Waals surface area contributed by atoms with Gasteiger partial charge in [0.15, 0.2) is 0 Å². The average molecular weight is 286 g/mol. The van der Waals surface area contributed by atoms with Crippen LogP contribution in [0.3, 0.4) is 0 Å². The molecule has 1 aromatic carbocycles. The lowest BCUT2D eigenvalue weighted by Gasteiger charge is -2.10. The SMILES string of the molecule is CCC(O)CNC(=O)c1ccc(C)cc1Br. The summed E-state index contributed by atoms with van der Waals surface area (Å²) in [6.07, 6.45) is 0.156. The van der Waals surface area contributed by atoms with E-state index in [0.29, 0.717) is 12.0 Å². The van der Waals surface area contributed by atoms with Crippen molar-refractivity contribution in [3.8, 4) is 0 Å². The third-order valence-corrected chi connectivity index (χ3v) is 2.99. The number of nitrogens with one attached hydrogen (secondary N) is 1. The third-order valence-electron chi connectivity index (χ3n) is 2.34. The van der Waals surface area contributed by atoms with Crippen molar-refractivity contribution in [1.82, 2.24) is 5.32 Å². The van der Waals surface area contributed by atoms with E-state index in [9.17, 15) is 9.90 Å². The van der Waals surface area contributed by atoms with Gasteiger partial charge in [0.25, 0.3) is 5.91 Å². The van der Waals surface area contributed by atoms with E-state index in [4.69, 9.17) is 0 Å². The number of hydrogen-bond donors (Lipinski definition) is 2. The molecule has 1 amide bonds. The summed E-state index contributed by atoms with van der Waals surface area (Å²) in [6, 6.07) is 5.55. The Labute approximate surface area is 104 Å². The fourth-order valence-electron chi connectivity index (χ4n) is 1.25. The van der Waals surface area contributed by atoms with Crippen molar-refractivity contribution in [2.45, 2.75) is 26.4 Å². The number of amides is 1. The number of carbonyl (C=O) groups excluding carboxylic acids is 1. The molecule has 3 nitrogen and oxygen atoms in total. The highest BCUT2D eigenvalue weighted by Gasteiger charge is 2.10. The quantitative estimate of drug-likeness (QED) is 0.892. The molecule has 2 N–H and O–H groups in total. The van der Waals surface area contributed by atoms with Gasteiger partial charge in [-0.1, -0.05) is 13.0 Å². The van der Waals surface area contributed by atoms with Crippen molar-refractivity contribution < 1.29 is 9.90 Å². The molecule has 0 aromatic heterocycles. The van der Waals surface area contributed by atoms with Crippen LogP contribution in [-0.4, -0.2) is 23.7 Å². The van der Waals surface area contributed by atoms with Crippen LogP contribution in [-0.2, 0) is 0 Å². The second-order valence-electron chi connectivity index (χ2n) is 3.76. The van der Waals surface area contributed by atoms with Gasteiger partial charge in [0.2, 0.25) is 0 Å². The predicted molar refractivity (Wildman–Crippen MR) is 67.5 cm³/mol. The van der Waals surface area contributed by atoms with Gasteiger partial charge < -0.3 is 10.4 Å². The summed E-state index contributed by atoms with van der Waals surface area (Å²) < 4.78 is 0.774. The molecule has 0 aliphatic heterocycles. The van der Waals surface area contributed by atoms with E-state index in [1.807, 2.05) is 26.0 Å². The van der Waals surface area contributed by atoms with Crippen LogP contribution in [0.5, 0.6) is 0 Å². The van der Waals surface area contributed by atoms with E-state index in [0.717, 1.165) is 10.0 Å². The van der Waals surface area contributed by atoms with Gasteiger partial charge in [0.1, 0.15) is 0 Å². The molecule has 4 heteroatoms. The topological polar surface area (TPSA) is 49.3 Å². The van der Waals surface area contributed by atoms with Crippen molar-refractivity contribution in [2.75, 3.05) is 6.54 Å². The Morgan fingerprint density at radius 1 is 1.56 bits per heavy atom. The maximum absolute atomic E-state index is 11.7. The molecular weight excluding hydrogens is 270 g/mol. The lowest BCUT2D eigenvalue weighted by Crippen LogP contribution is -2.31. The summed E-state index contributed by atoms with van der Waals surface area (Å²) in [7, 11) is 0. The highest BCUT2D eigenvalue weighted by atomic mass is 79.9. The minimum absolute atomic E-state index is 0.167. The Kier molecular flexibility index (Phi) is 4.96. The van der Waals surface area contributed by atoms with Crippen molar-refractivity contribution in [1.29, 1.82) is 0 Å². The van der Waals surface area contributed by atoms with Crippen LogP contribution in [0.1, 0.15) is 29.3 Å². The zero-order valence-corrected chi connectivity index (χ0v) is 11.0. The standard InChI is InChI=1S/C12H16BrNO2/c1-3-9(15)7-14-12(16)10-5-4-8(2)6-11(10)13/h4-6,9,15H,3,7H2,1-2H3,(H,14,16). The zero-order valence-electron chi connectivity index (χ0n) is 9.46. The molecule has 0 radical (unpaired) electrons. The fourth-order valence-corrected chi connectivity index (χ4v) is 1.93. The molecule has 1 rings (SSSR count). The molecule has 0 bridgehead atoms. The lowest BCUT2D eigenvalue weighted by atomic mass is 10.1. The molecule has 0 heterocycles. The number of hydrogen-bond acceptors (Lipinski definition) is 2. The molecule has 0 fully saturated rings. The van der Waals surface area contributed by atoms with Crippen LogP contribution < -0.4 is 5.32 Å². The molecule has 16 heavy (non-hydrogen) atoms. The van der Waals surface area contributed by atoms with Crippen LogP contribution in [0.2, 0.25) is 0 Å². The number of halogens is 1. The third kappa shape index (κ3) is 3.61. The van der Waals surface area contributed by atoms with E-state index in [1.54, 1.807) is 6.07 Å². The Bertz CT molecular complexity index is 379. The summed E-state index contributed by atoms with van der Waals surface area (Å²) >= 11 is 3.35. The van der Waals surface area contributed by atoms with Gasteiger partial charge in [-0.05, 0) is 47.0 Å². The Balaban J connectivity index is 2.66. The molecule has 0 spiro atoms. The highest BCUT2D eigenvalue weighted by molar-refractivity contribution is 9.10. The fraction of sp³-hybridized carbons (Fsp3) is 0.417. The van der Waals surface area contributed by atoms with Gasteiger partial charge in [0, 0.05) is 11.0 Å². The van der Waals surface area contributed by atoms with Gasteiger partial charge in [0.05, 0.1) is 11.7 Å². The van der Waals surface area contributed by atoms with Crippen molar-refractivity contribution in [3.05, 3.63) is 33.8 Å². The van der Waals surface area contributed by atoms with E-state index < -0.39 is 6.10 Å². The van der Waals surface area contributed by atoms with Gasteiger partial charge >= 0.3 is 0 Å². The highest BCUT2D eigenvalue weighted by Crippen LogP contribution is 2.18. The van der Waals surface area contributed by atoms with Crippen LogP contribution in [0.25, 0.3) is 0 Å². The normalized spacial score (nSPS) is 12.2. The molecule has 0 saturated heterocycles. The monoisotopic (exact) mass is 285 g/mol. The second kappa shape index (κ2) is 6.01. The first-order chi connectivity index (χ1) is 7.54. The van der Waals surface area contributed by atoms with E-state index >= 15 is 0 Å². The molecule has 0 saturated carbocycles. The maximum Gasteiger partial charge on any atom is 0.252 e. The van der Waals surface area contributed by atoms with Crippen LogP contribution in [0, 0.1) is 6.92 Å². The predicted octanol–water partition coefficient (Wildman–Crippen LogP) is 2.26. The average Bonchev–Trinajstić information content (AvgIpc) is 2.25. The zero-order chi connectivity index (χ0) is 12.1. The molecule has 1 unspecified atom stereocenters. The smallest absolute Gasteiger partial charge is 0.252 e. The van der Waals surface area contributed by atoms with Gasteiger partial charge in [-0.2, -0.15) is 0 Å². The first kappa shape index (κ1) is 13.2. The first-order valence-electron chi connectivity index (χ1n) is 5.27. The Morgan fingerprint density at radius 2 is 2.25 bits per heavy atom. The van der Waals surface area contributed by atoms with Gasteiger partial charge in [-0.25, -0.2) is 0 Å². The second-order valence-corrected chi connectivity index (χ2v) is 4.61. The summed E-state index contributed by atoms with van der Waals surface area (Å²) in [5.74, 6) is -0.167. The van der Waals surface area contributed by atoms with E-state index in [1.165, 1.54) is 0 Å². The van der Waals surface area contributed by atoms with Gasteiger partial charge in [-0.3, -0.25) is 4.79 Å². The van der Waals surface area contributed by atoms with Crippen LogP contribution in [0.15, 0.2) is 22.7 Å². The number of benzene rings is 1. The van der Waals surface area contributed by atoms with Gasteiger partial charge in [-0.15, -0.1) is 0 Å². The Hall–Kier alpha value is -0.870. The molecule has 0 aliphatic carbocycles. The number of aliphatic hydroxyl groups excluding tert-OH is 1. The number of aryl methyl sites for hydroxylation is 1. The molecule has 88 valence electrons.